The molecule has 1 aliphatic carbocycles. The Morgan fingerprint density at radius 2 is 2.38 bits per heavy atom. The quantitative estimate of drug-likeness (QED) is 0.696. The lowest BCUT2D eigenvalue weighted by atomic mass is 9.98. The fraction of sp³-hybridized carbons (Fsp3) is 0.300. The first-order chi connectivity index (χ1) is 6.31. The van der Waals surface area contributed by atoms with Crippen molar-refractivity contribution in [2.75, 3.05) is 0 Å². The molecule has 2 rings (SSSR count). The van der Waals surface area contributed by atoms with Crippen LogP contribution in [-0.4, -0.2) is 4.98 Å². The summed E-state index contributed by atoms with van der Waals surface area (Å²) in [5.41, 5.74) is 8.96. The van der Waals surface area contributed by atoms with E-state index in [1.807, 2.05) is 6.07 Å². The Bertz CT molecular complexity index is 358. The Hall–Kier alpha value is -0.860. The molecule has 0 bridgehead atoms. The van der Waals surface area contributed by atoms with Crippen molar-refractivity contribution < 1.29 is 0 Å². The number of hydrogen-bond acceptors (Lipinski definition) is 2. The van der Waals surface area contributed by atoms with Crippen molar-refractivity contribution in [2.45, 2.75) is 19.4 Å². The number of aromatic nitrogens is 1. The van der Waals surface area contributed by atoms with Crippen LogP contribution in [0, 0.1) is 0 Å². The highest BCUT2D eigenvalue weighted by atomic mass is 35.5. The van der Waals surface area contributed by atoms with Crippen molar-refractivity contribution in [3.63, 3.8) is 0 Å². The van der Waals surface area contributed by atoms with Gasteiger partial charge >= 0.3 is 0 Å². The first kappa shape index (κ1) is 8.73. The zero-order chi connectivity index (χ0) is 9.26. The van der Waals surface area contributed by atoms with Crippen LogP contribution in [-0.2, 0) is 13.0 Å². The standard InChI is InChI=1S/C10H11ClN2/c11-10-5-7(6-12)8-3-1-2-4-9(8)13-10/h1,3,5H,2,4,6,12H2. The largest absolute Gasteiger partial charge is 0.326 e. The highest BCUT2D eigenvalue weighted by molar-refractivity contribution is 6.29. The first-order valence-electron chi connectivity index (χ1n) is 4.36. The number of rotatable bonds is 1. The SMILES string of the molecule is NCc1cc(Cl)nc2c1C=CCC2. The summed E-state index contributed by atoms with van der Waals surface area (Å²) in [4.78, 5) is 4.28. The van der Waals surface area contributed by atoms with E-state index in [4.69, 9.17) is 17.3 Å². The highest BCUT2D eigenvalue weighted by Gasteiger charge is 2.10. The summed E-state index contributed by atoms with van der Waals surface area (Å²) in [7, 11) is 0. The Kier molecular flexibility index (Phi) is 2.34. The molecule has 2 N–H and O–H groups in total. The topological polar surface area (TPSA) is 38.9 Å². The summed E-state index contributed by atoms with van der Waals surface area (Å²) >= 11 is 5.87. The van der Waals surface area contributed by atoms with Gasteiger partial charge in [-0.1, -0.05) is 23.8 Å². The molecule has 68 valence electrons. The van der Waals surface area contributed by atoms with Gasteiger partial charge in [-0.05, 0) is 24.5 Å². The van der Waals surface area contributed by atoms with Crippen molar-refractivity contribution in [1.29, 1.82) is 0 Å². The summed E-state index contributed by atoms with van der Waals surface area (Å²) in [5, 5.41) is 0.550. The lowest BCUT2D eigenvalue weighted by molar-refractivity contribution is 0.908. The minimum Gasteiger partial charge on any atom is -0.326 e. The van der Waals surface area contributed by atoms with Crippen molar-refractivity contribution in [3.05, 3.63) is 34.1 Å². The maximum atomic E-state index is 5.87. The molecule has 0 aromatic carbocycles. The van der Waals surface area contributed by atoms with E-state index in [1.165, 1.54) is 0 Å². The van der Waals surface area contributed by atoms with Crippen LogP contribution in [0.25, 0.3) is 6.08 Å². The third-order valence-electron chi connectivity index (χ3n) is 2.24. The molecule has 1 heterocycles. The summed E-state index contributed by atoms with van der Waals surface area (Å²) in [6.07, 6.45) is 6.26. The number of fused-ring (bicyclic) bond motifs is 1. The molecular weight excluding hydrogens is 184 g/mol. The van der Waals surface area contributed by atoms with E-state index in [2.05, 4.69) is 17.1 Å². The van der Waals surface area contributed by atoms with Gasteiger partial charge in [-0.15, -0.1) is 0 Å². The summed E-state index contributed by atoms with van der Waals surface area (Å²) in [6, 6.07) is 1.84. The predicted molar refractivity (Wildman–Crippen MR) is 54.5 cm³/mol. The molecule has 0 saturated heterocycles. The monoisotopic (exact) mass is 194 g/mol. The lowest BCUT2D eigenvalue weighted by Gasteiger charge is -2.13. The van der Waals surface area contributed by atoms with Crippen molar-refractivity contribution in [1.82, 2.24) is 4.98 Å². The smallest absolute Gasteiger partial charge is 0.129 e. The molecular formula is C10H11ClN2. The number of nitrogens with zero attached hydrogens (tertiary/aromatic N) is 1. The number of allylic oxidation sites excluding steroid dienone is 1. The minimum atomic E-state index is 0.523. The maximum Gasteiger partial charge on any atom is 0.129 e. The average molecular weight is 195 g/mol. The minimum absolute atomic E-state index is 0.523. The van der Waals surface area contributed by atoms with E-state index >= 15 is 0 Å². The van der Waals surface area contributed by atoms with Gasteiger partial charge in [0.25, 0.3) is 0 Å². The molecule has 1 aliphatic rings. The third-order valence-corrected chi connectivity index (χ3v) is 2.44. The van der Waals surface area contributed by atoms with Crippen LogP contribution in [0.3, 0.4) is 0 Å². The van der Waals surface area contributed by atoms with Crippen LogP contribution in [0.15, 0.2) is 12.1 Å². The van der Waals surface area contributed by atoms with Gasteiger partial charge < -0.3 is 5.73 Å². The highest BCUT2D eigenvalue weighted by Crippen LogP contribution is 2.23. The van der Waals surface area contributed by atoms with Crippen LogP contribution in [0.5, 0.6) is 0 Å². The number of aryl methyl sites for hydroxylation is 1. The number of nitrogens with two attached hydrogens (primary N) is 1. The van der Waals surface area contributed by atoms with Crippen LogP contribution >= 0.6 is 11.6 Å². The van der Waals surface area contributed by atoms with E-state index in [9.17, 15) is 0 Å². The second kappa shape index (κ2) is 3.48. The molecule has 0 fully saturated rings. The Balaban J connectivity index is 2.59. The number of hydrogen-bond donors (Lipinski definition) is 1. The van der Waals surface area contributed by atoms with E-state index in [0.717, 1.165) is 29.7 Å². The third kappa shape index (κ3) is 1.60. The van der Waals surface area contributed by atoms with Gasteiger partial charge in [-0.2, -0.15) is 0 Å². The van der Waals surface area contributed by atoms with Gasteiger partial charge in [-0.25, -0.2) is 4.98 Å². The predicted octanol–water partition coefficient (Wildman–Crippen LogP) is 2.15. The zero-order valence-electron chi connectivity index (χ0n) is 7.26. The van der Waals surface area contributed by atoms with E-state index < -0.39 is 0 Å². The average Bonchev–Trinajstić information content (AvgIpc) is 2.16. The molecule has 0 spiro atoms. The van der Waals surface area contributed by atoms with Crippen LogP contribution in [0.1, 0.15) is 23.2 Å². The Labute approximate surface area is 82.4 Å². The molecule has 0 amide bonds. The molecule has 0 aliphatic heterocycles. The van der Waals surface area contributed by atoms with Crippen molar-refractivity contribution in [2.24, 2.45) is 5.73 Å². The Morgan fingerprint density at radius 1 is 1.54 bits per heavy atom. The van der Waals surface area contributed by atoms with Gasteiger partial charge in [0.05, 0.1) is 0 Å². The van der Waals surface area contributed by atoms with Gasteiger partial charge in [0, 0.05) is 17.8 Å². The summed E-state index contributed by atoms with van der Waals surface area (Å²) in [6.45, 7) is 0.523. The zero-order valence-corrected chi connectivity index (χ0v) is 8.01. The molecule has 0 atom stereocenters. The molecule has 2 nitrogen and oxygen atoms in total. The fourth-order valence-corrected chi connectivity index (χ4v) is 1.85. The molecule has 1 aromatic heterocycles. The fourth-order valence-electron chi connectivity index (χ4n) is 1.61. The van der Waals surface area contributed by atoms with Crippen molar-refractivity contribution >= 4 is 17.7 Å². The van der Waals surface area contributed by atoms with Crippen LogP contribution in [0.2, 0.25) is 5.15 Å². The van der Waals surface area contributed by atoms with Gasteiger partial charge in [0.1, 0.15) is 5.15 Å². The first-order valence-corrected chi connectivity index (χ1v) is 4.74. The molecule has 0 unspecified atom stereocenters. The molecule has 0 radical (unpaired) electrons. The second-order valence-corrected chi connectivity index (χ2v) is 3.50. The number of halogens is 1. The lowest BCUT2D eigenvalue weighted by Crippen LogP contribution is -2.06. The molecule has 1 aromatic rings. The number of pyridine rings is 1. The van der Waals surface area contributed by atoms with E-state index in [1.54, 1.807) is 0 Å². The van der Waals surface area contributed by atoms with Crippen LogP contribution < -0.4 is 5.73 Å². The molecule has 13 heavy (non-hydrogen) atoms. The summed E-state index contributed by atoms with van der Waals surface area (Å²) in [5.74, 6) is 0. The Morgan fingerprint density at radius 3 is 3.15 bits per heavy atom. The maximum absolute atomic E-state index is 5.87. The summed E-state index contributed by atoms with van der Waals surface area (Å²) < 4.78 is 0. The van der Waals surface area contributed by atoms with E-state index in [-0.39, 0.29) is 0 Å². The van der Waals surface area contributed by atoms with Gasteiger partial charge in [0.2, 0.25) is 0 Å². The molecule has 3 heteroatoms. The van der Waals surface area contributed by atoms with Gasteiger partial charge in [0.15, 0.2) is 0 Å². The molecule has 0 saturated carbocycles. The van der Waals surface area contributed by atoms with Crippen molar-refractivity contribution in [3.8, 4) is 0 Å². The normalized spacial score (nSPS) is 14.3. The second-order valence-electron chi connectivity index (χ2n) is 3.11. The van der Waals surface area contributed by atoms with Crippen LogP contribution in [0.4, 0.5) is 0 Å². The van der Waals surface area contributed by atoms with E-state index in [0.29, 0.717) is 11.7 Å². The van der Waals surface area contributed by atoms with Gasteiger partial charge in [-0.3, -0.25) is 0 Å².